The van der Waals surface area contributed by atoms with E-state index in [1.165, 1.54) is 0 Å². The van der Waals surface area contributed by atoms with Crippen LogP contribution in [0.5, 0.6) is 11.5 Å². The highest BCUT2D eigenvalue weighted by molar-refractivity contribution is 5.99. The molecule has 1 aromatic heterocycles. The summed E-state index contributed by atoms with van der Waals surface area (Å²) >= 11 is 0. The van der Waals surface area contributed by atoms with Crippen LogP contribution in [0, 0.1) is 0 Å². The number of aromatic nitrogens is 2. The predicted molar refractivity (Wildman–Crippen MR) is 86.9 cm³/mol. The van der Waals surface area contributed by atoms with Gasteiger partial charge in [0.15, 0.2) is 11.5 Å². The molecule has 1 aliphatic heterocycles. The first-order valence-corrected chi connectivity index (χ1v) is 7.91. The Bertz CT molecular complexity index is 709. The number of carbonyl (C=O) groups excluding carboxylic acids is 1. The second-order valence-corrected chi connectivity index (χ2v) is 5.53. The molecule has 0 unspecified atom stereocenters. The Morgan fingerprint density at radius 1 is 1.30 bits per heavy atom. The highest BCUT2D eigenvalue weighted by atomic mass is 16.5. The zero-order valence-electron chi connectivity index (χ0n) is 13.5. The fraction of sp³-hybridized carbons (Fsp3) is 0.412. The van der Waals surface area contributed by atoms with Crippen LogP contribution in [0.15, 0.2) is 24.4 Å². The number of nitrogens with one attached hydrogen (secondary N) is 1. The fourth-order valence-electron chi connectivity index (χ4n) is 2.51. The quantitative estimate of drug-likeness (QED) is 0.941. The molecule has 1 aliphatic rings. The fourth-order valence-corrected chi connectivity index (χ4v) is 2.51. The molecule has 1 N–H and O–H groups in total. The van der Waals surface area contributed by atoms with Crippen LogP contribution >= 0.6 is 0 Å². The highest BCUT2D eigenvalue weighted by Gasteiger charge is 2.19. The van der Waals surface area contributed by atoms with Crippen molar-refractivity contribution in [2.75, 3.05) is 19.8 Å². The van der Waals surface area contributed by atoms with E-state index in [1.807, 2.05) is 32.2 Å². The average molecular weight is 315 g/mol. The molecule has 0 fully saturated rings. The summed E-state index contributed by atoms with van der Waals surface area (Å²) in [6.07, 6.45) is 3.49. The Morgan fingerprint density at radius 3 is 2.87 bits per heavy atom. The van der Waals surface area contributed by atoms with Crippen molar-refractivity contribution in [2.45, 2.75) is 19.8 Å². The number of benzene rings is 1. The van der Waals surface area contributed by atoms with Gasteiger partial charge >= 0.3 is 0 Å². The minimum absolute atomic E-state index is 0.109. The molecule has 0 spiro atoms. The molecule has 2 heterocycles. The van der Waals surface area contributed by atoms with Crippen LogP contribution in [0.2, 0.25) is 0 Å². The van der Waals surface area contributed by atoms with Crippen LogP contribution in [-0.4, -0.2) is 35.4 Å². The molecule has 0 radical (unpaired) electrons. The maximum atomic E-state index is 12.3. The summed E-state index contributed by atoms with van der Waals surface area (Å²) in [7, 11) is 1.81. The van der Waals surface area contributed by atoms with Gasteiger partial charge in [-0.05, 0) is 24.6 Å². The maximum absolute atomic E-state index is 12.3. The molecule has 1 amide bonds. The molecule has 0 saturated carbocycles. The van der Waals surface area contributed by atoms with E-state index in [-0.39, 0.29) is 5.91 Å². The number of amides is 1. The van der Waals surface area contributed by atoms with Gasteiger partial charge < -0.3 is 14.8 Å². The lowest BCUT2D eigenvalue weighted by atomic mass is 10.1. The smallest absolute Gasteiger partial charge is 0.255 e. The van der Waals surface area contributed by atoms with Crippen molar-refractivity contribution in [1.29, 1.82) is 0 Å². The molecule has 0 aliphatic carbocycles. The normalized spacial score (nSPS) is 13.5. The lowest BCUT2D eigenvalue weighted by Gasteiger charge is -2.09. The van der Waals surface area contributed by atoms with Gasteiger partial charge in [0, 0.05) is 31.8 Å². The van der Waals surface area contributed by atoms with Gasteiger partial charge in [0.05, 0.1) is 18.8 Å². The molecule has 0 atom stereocenters. The summed E-state index contributed by atoms with van der Waals surface area (Å²) < 4.78 is 13.0. The van der Waals surface area contributed by atoms with Gasteiger partial charge in [-0.3, -0.25) is 9.48 Å². The molecule has 3 rings (SSSR count). The Kier molecular flexibility index (Phi) is 4.50. The van der Waals surface area contributed by atoms with Crippen LogP contribution in [0.25, 0.3) is 11.3 Å². The lowest BCUT2D eigenvalue weighted by Crippen LogP contribution is -2.24. The van der Waals surface area contributed by atoms with E-state index in [9.17, 15) is 4.79 Å². The molecule has 6 nitrogen and oxygen atoms in total. The molecule has 122 valence electrons. The molecule has 23 heavy (non-hydrogen) atoms. The van der Waals surface area contributed by atoms with Gasteiger partial charge in [-0.1, -0.05) is 6.92 Å². The standard InChI is InChI=1S/C17H21N3O3/c1-3-7-18-17(21)13-11-20(2)19-16(13)12-5-6-14-15(10-12)23-9-4-8-22-14/h5-6,10-11H,3-4,7-9H2,1-2H3,(H,18,21). The van der Waals surface area contributed by atoms with E-state index >= 15 is 0 Å². The SMILES string of the molecule is CCCNC(=O)c1cn(C)nc1-c1ccc2c(c1)OCCCO2. The predicted octanol–water partition coefficient (Wildman–Crippen LogP) is 2.39. The van der Waals surface area contributed by atoms with Crippen molar-refractivity contribution >= 4 is 5.91 Å². The Balaban J connectivity index is 1.95. The van der Waals surface area contributed by atoms with E-state index in [0.717, 1.165) is 24.2 Å². The summed E-state index contributed by atoms with van der Waals surface area (Å²) in [6.45, 7) is 3.95. The van der Waals surface area contributed by atoms with E-state index < -0.39 is 0 Å². The van der Waals surface area contributed by atoms with Gasteiger partial charge in [-0.15, -0.1) is 0 Å². The van der Waals surface area contributed by atoms with Crippen LogP contribution in [-0.2, 0) is 7.05 Å². The van der Waals surface area contributed by atoms with Crippen LogP contribution < -0.4 is 14.8 Å². The van der Waals surface area contributed by atoms with Crippen molar-refractivity contribution in [3.05, 3.63) is 30.0 Å². The minimum atomic E-state index is -0.109. The number of carbonyl (C=O) groups is 1. The number of nitrogens with zero attached hydrogens (tertiary/aromatic N) is 2. The average Bonchev–Trinajstić information content (AvgIpc) is 2.80. The lowest BCUT2D eigenvalue weighted by molar-refractivity contribution is 0.0954. The van der Waals surface area contributed by atoms with Crippen molar-refractivity contribution < 1.29 is 14.3 Å². The summed E-state index contributed by atoms with van der Waals surface area (Å²) in [5.41, 5.74) is 2.06. The van der Waals surface area contributed by atoms with Crippen LogP contribution in [0.4, 0.5) is 0 Å². The van der Waals surface area contributed by atoms with Crippen molar-refractivity contribution in [1.82, 2.24) is 15.1 Å². The molecule has 2 aromatic rings. The summed E-state index contributed by atoms with van der Waals surface area (Å²) in [4.78, 5) is 12.3. The zero-order chi connectivity index (χ0) is 16.2. The van der Waals surface area contributed by atoms with Crippen LogP contribution in [0.3, 0.4) is 0 Å². The van der Waals surface area contributed by atoms with Gasteiger partial charge in [-0.25, -0.2) is 0 Å². The zero-order valence-corrected chi connectivity index (χ0v) is 13.5. The number of aryl methyl sites for hydroxylation is 1. The Hall–Kier alpha value is -2.50. The maximum Gasteiger partial charge on any atom is 0.255 e. The number of ether oxygens (including phenoxy) is 2. The first-order chi connectivity index (χ1) is 11.2. The summed E-state index contributed by atoms with van der Waals surface area (Å²) in [5, 5.41) is 7.34. The third-order valence-corrected chi connectivity index (χ3v) is 3.63. The number of hydrogen-bond donors (Lipinski definition) is 1. The molecular weight excluding hydrogens is 294 g/mol. The second-order valence-electron chi connectivity index (χ2n) is 5.53. The second kappa shape index (κ2) is 6.73. The first kappa shape index (κ1) is 15.4. The monoisotopic (exact) mass is 315 g/mol. The van der Waals surface area contributed by atoms with Gasteiger partial charge in [0.2, 0.25) is 0 Å². The van der Waals surface area contributed by atoms with Crippen molar-refractivity contribution in [3.8, 4) is 22.8 Å². The minimum Gasteiger partial charge on any atom is -0.490 e. The van der Waals surface area contributed by atoms with Crippen LogP contribution in [0.1, 0.15) is 30.1 Å². The van der Waals surface area contributed by atoms with Crippen molar-refractivity contribution in [3.63, 3.8) is 0 Å². The van der Waals surface area contributed by atoms with Gasteiger partial charge in [-0.2, -0.15) is 5.10 Å². The Labute approximate surface area is 135 Å². The van der Waals surface area contributed by atoms with E-state index in [2.05, 4.69) is 10.4 Å². The van der Waals surface area contributed by atoms with E-state index in [0.29, 0.717) is 36.8 Å². The van der Waals surface area contributed by atoms with E-state index in [1.54, 1.807) is 10.9 Å². The van der Waals surface area contributed by atoms with Gasteiger partial charge in [0.1, 0.15) is 5.69 Å². The molecule has 1 aromatic carbocycles. The molecule has 6 heteroatoms. The number of hydrogen-bond acceptors (Lipinski definition) is 4. The molecule has 0 saturated heterocycles. The summed E-state index contributed by atoms with van der Waals surface area (Å²) in [6, 6.07) is 5.67. The first-order valence-electron chi connectivity index (χ1n) is 7.91. The largest absolute Gasteiger partial charge is 0.490 e. The Morgan fingerprint density at radius 2 is 2.09 bits per heavy atom. The van der Waals surface area contributed by atoms with E-state index in [4.69, 9.17) is 9.47 Å². The topological polar surface area (TPSA) is 65.4 Å². The third-order valence-electron chi connectivity index (χ3n) is 3.63. The van der Waals surface area contributed by atoms with Crippen molar-refractivity contribution in [2.24, 2.45) is 7.05 Å². The third kappa shape index (κ3) is 3.31. The highest BCUT2D eigenvalue weighted by Crippen LogP contribution is 2.34. The summed E-state index contributed by atoms with van der Waals surface area (Å²) in [5.74, 6) is 1.33. The molecule has 0 bridgehead atoms. The number of fused-ring (bicyclic) bond motifs is 1. The van der Waals surface area contributed by atoms with Gasteiger partial charge in [0.25, 0.3) is 5.91 Å². The number of rotatable bonds is 4. The molecular formula is C17H21N3O3.